The molecule has 1 N–H and O–H groups in total. The summed E-state index contributed by atoms with van der Waals surface area (Å²) in [5, 5.41) is 2.85. The fourth-order valence-electron chi connectivity index (χ4n) is 2.38. The number of nitrogens with zero attached hydrogens (tertiary/aromatic N) is 1. The van der Waals surface area contributed by atoms with Crippen LogP contribution in [-0.4, -0.2) is 35.8 Å². The minimum atomic E-state index is -0.272. The Balaban J connectivity index is 1.98. The second-order valence-corrected chi connectivity index (χ2v) is 4.80. The van der Waals surface area contributed by atoms with Crippen LogP contribution in [0.5, 0.6) is 0 Å². The van der Waals surface area contributed by atoms with E-state index in [9.17, 15) is 9.59 Å². The molecule has 2 rings (SSSR count). The van der Waals surface area contributed by atoms with E-state index in [2.05, 4.69) is 17.2 Å². The van der Waals surface area contributed by atoms with E-state index in [0.29, 0.717) is 12.1 Å². The minimum absolute atomic E-state index is 0.00948. The number of piperidine rings is 1. The van der Waals surface area contributed by atoms with E-state index in [1.54, 1.807) is 11.8 Å². The van der Waals surface area contributed by atoms with Crippen LogP contribution < -0.4 is 5.32 Å². The van der Waals surface area contributed by atoms with Gasteiger partial charge in [0.05, 0.1) is 0 Å². The van der Waals surface area contributed by atoms with Crippen molar-refractivity contribution in [3.63, 3.8) is 0 Å². The fourth-order valence-corrected chi connectivity index (χ4v) is 2.38. The number of benzene rings is 1. The monoisotopic (exact) mass is 270 g/mol. The molecule has 1 aromatic rings. The lowest BCUT2D eigenvalue weighted by atomic mass is 10.0. The van der Waals surface area contributed by atoms with Crippen LogP contribution in [0.25, 0.3) is 0 Å². The first kappa shape index (κ1) is 14.1. The number of likely N-dealkylation sites (tertiary alicyclic amines) is 1. The van der Waals surface area contributed by atoms with Crippen LogP contribution in [0.1, 0.15) is 30.1 Å². The van der Waals surface area contributed by atoms with Crippen molar-refractivity contribution in [2.75, 3.05) is 13.1 Å². The van der Waals surface area contributed by atoms with Gasteiger partial charge in [-0.2, -0.15) is 0 Å². The third-order valence-corrected chi connectivity index (χ3v) is 3.30. The summed E-state index contributed by atoms with van der Waals surface area (Å²) in [6.45, 7) is 2.91. The number of hydrogen-bond acceptors (Lipinski definition) is 2. The first-order valence-electron chi connectivity index (χ1n) is 6.78. The molecule has 1 unspecified atom stereocenters. The maximum absolute atomic E-state index is 12.3. The summed E-state index contributed by atoms with van der Waals surface area (Å²) in [4.78, 5) is 25.6. The van der Waals surface area contributed by atoms with Crippen LogP contribution in [0, 0.1) is 11.8 Å². The number of nitrogens with one attached hydrogen (secondary N) is 1. The largest absolute Gasteiger partial charge is 0.341 e. The number of carbonyl (C=O) groups excluding carboxylic acids is 2. The Morgan fingerprint density at radius 2 is 2.05 bits per heavy atom. The molecule has 1 fully saturated rings. The molecule has 0 saturated carbocycles. The highest BCUT2D eigenvalue weighted by atomic mass is 16.2. The first-order valence-corrected chi connectivity index (χ1v) is 6.78. The zero-order chi connectivity index (χ0) is 14.4. The number of amides is 2. The molecule has 0 spiro atoms. The summed E-state index contributed by atoms with van der Waals surface area (Å²) >= 11 is 0. The summed E-state index contributed by atoms with van der Waals surface area (Å²) in [5.74, 6) is 4.79. The van der Waals surface area contributed by atoms with Crippen molar-refractivity contribution in [2.45, 2.75) is 25.8 Å². The van der Waals surface area contributed by atoms with Gasteiger partial charge in [0.25, 0.3) is 11.8 Å². The predicted octanol–water partition coefficient (Wildman–Crippen LogP) is 1.43. The first-order chi connectivity index (χ1) is 9.70. The van der Waals surface area contributed by atoms with Crippen LogP contribution in [0.2, 0.25) is 0 Å². The van der Waals surface area contributed by atoms with E-state index in [0.717, 1.165) is 19.4 Å². The van der Waals surface area contributed by atoms with Gasteiger partial charge >= 0.3 is 0 Å². The Bertz CT molecular complexity index is 543. The number of rotatable bonds is 2. The molecule has 104 valence electrons. The van der Waals surface area contributed by atoms with Crippen LogP contribution >= 0.6 is 0 Å². The van der Waals surface area contributed by atoms with Crippen molar-refractivity contribution in [1.29, 1.82) is 0 Å². The molecule has 0 radical (unpaired) electrons. The Morgan fingerprint density at radius 1 is 1.30 bits per heavy atom. The third kappa shape index (κ3) is 3.61. The Kier molecular flexibility index (Phi) is 4.78. The van der Waals surface area contributed by atoms with Crippen molar-refractivity contribution in [3.8, 4) is 11.8 Å². The van der Waals surface area contributed by atoms with Gasteiger partial charge in [-0.05, 0) is 37.8 Å². The van der Waals surface area contributed by atoms with Gasteiger partial charge in [0.2, 0.25) is 0 Å². The van der Waals surface area contributed by atoms with E-state index in [-0.39, 0.29) is 17.9 Å². The van der Waals surface area contributed by atoms with E-state index in [1.165, 1.54) is 0 Å². The van der Waals surface area contributed by atoms with E-state index in [1.807, 2.05) is 30.3 Å². The Morgan fingerprint density at radius 3 is 2.75 bits per heavy atom. The van der Waals surface area contributed by atoms with Crippen molar-refractivity contribution in [3.05, 3.63) is 35.9 Å². The average Bonchev–Trinajstić information content (AvgIpc) is 2.48. The molecule has 1 atom stereocenters. The maximum Gasteiger partial charge on any atom is 0.296 e. The normalized spacial score (nSPS) is 17.9. The molecule has 1 heterocycles. The smallest absolute Gasteiger partial charge is 0.296 e. The molecule has 20 heavy (non-hydrogen) atoms. The van der Waals surface area contributed by atoms with Crippen molar-refractivity contribution in [1.82, 2.24) is 10.2 Å². The average molecular weight is 270 g/mol. The fraction of sp³-hybridized carbons (Fsp3) is 0.375. The van der Waals surface area contributed by atoms with Gasteiger partial charge < -0.3 is 10.2 Å². The summed E-state index contributed by atoms with van der Waals surface area (Å²) in [6.07, 6.45) is 1.78. The minimum Gasteiger partial charge on any atom is -0.341 e. The van der Waals surface area contributed by atoms with Gasteiger partial charge in [-0.25, -0.2) is 0 Å². The molecular formula is C16H18N2O2. The molecule has 4 nitrogen and oxygen atoms in total. The van der Waals surface area contributed by atoms with Gasteiger partial charge in [0, 0.05) is 24.7 Å². The van der Waals surface area contributed by atoms with Crippen LogP contribution in [0.3, 0.4) is 0 Å². The predicted molar refractivity (Wildman–Crippen MR) is 77.0 cm³/mol. The molecule has 2 amide bonds. The standard InChI is InChI=1S/C16H18N2O2/c1-2-7-15(19)17-14-10-6-11-18(12-14)16(20)13-8-4-3-5-9-13/h3-5,8-9,14H,6,10-12H2,1H3,(H,17,19). The molecule has 1 aliphatic heterocycles. The SMILES string of the molecule is CC#CC(=O)NC1CCCN(C(=O)c2ccccc2)C1. The van der Waals surface area contributed by atoms with Gasteiger partial charge in [-0.3, -0.25) is 9.59 Å². The topological polar surface area (TPSA) is 49.4 Å². The maximum atomic E-state index is 12.3. The number of hydrogen-bond donors (Lipinski definition) is 1. The zero-order valence-corrected chi connectivity index (χ0v) is 11.6. The van der Waals surface area contributed by atoms with Crippen LogP contribution in [0.4, 0.5) is 0 Å². The highest BCUT2D eigenvalue weighted by Gasteiger charge is 2.24. The molecule has 0 aromatic heterocycles. The molecule has 0 aliphatic carbocycles. The highest BCUT2D eigenvalue weighted by Crippen LogP contribution is 2.13. The van der Waals surface area contributed by atoms with Crippen molar-refractivity contribution in [2.24, 2.45) is 0 Å². The summed E-state index contributed by atoms with van der Waals surface area (Å²) in [5.41, 5.74) is 0.688. The van der Waals surface area contributed by atoms with Gasteiger partial charge in [-0.1, -0.05) is 24.1 Å². The van der Waals surface area contributed by atoms with Crippen molar-refractivity contribution >= 4 is 11.8 Å². The lowest BCUT2D eigenvalue weighted by Gasteiger charge is -2.32. The van der Waals surface area contributed by atoms with Crippen molar-refractivity contribution < 1.29 is 9.59 Å². The van der Waals surface area contributed by atoms with E-state index in [4.69, 9.17) is 0 Å². The summed E-state index contributed by atoms with van der Waals surface area (Å²) < 4.78 is 0. The lowest BCUT2D eigenvalue weighted by Crippen LogP contribution is -2.49. The van der Waals surface area contributed by atoms with Crippen LogP contribution in [-0.2, 0) is 4.79 Å². The molecule has 1 aromatic carbocycles. The molecular weight excluding hydrogens is 252 g/mol. The molecule has 0 bridgehead atoms. The van der Waals surface area contributed by atoms with Gasteiger partial charge in [-0.15, -0.1) is 0 Å². The molecule has 4 heteroatoms. The second-order valence-electron chi connectivity index (χ2n) is 4.80. The molecule has 1 saturated heterocycles. The van der Waals surface area contributed by atoms with E-state index >= 15 is 0 Å². The summed E-state index contributed by atoms with van der Waals surface area (Å²) in [7, 11) is 0. The van der Waals surface area contributed by atoms with Gasteiger partial charge in [0.1, 0.15) is 0 Å². The zero-order valence-electron chi connectivity index (χ0n) is 11.6. The van der Waals surface area contributed by atoms with E-state index < -0.39 is 0 Å². The van der Waals surface area contributed by atoms with Crippen LogP contribution in [0.15, 0.2) is 30.3 Å². The highest BCUT2D eigenvalue weighted by molar-refractivity contribution is 5.95. The summed E-state index contributed by atoms with van der Waals surface area (Å²) in [6, 6.07) is 9.21. The quantitative estimate of drug-likeness (QED) is 0.827. The van der Waals surface area contributed by atoms with Gasteiger partial charge in [0.15, 0.2) is 0 Å². The second kappa shape index (κ2) is 6.76. The lowest BCUT2D eigenvalue weighted by molar-refractivity contribution is -0.116. The Labute approximate surface area is 119 Å². The number of carbonyl (C=O) groups is 2. The molecule has 1 aliphatic rings. The third-order valence-electron chi connectivity index (χ3n) is 3.30. The Hall–Kier alpha value is -2.28.